The van der Waals surface area contributed by atoms with Crippen LogP contribution < -0.4 is 5.32 Å². The van der Waals surface area contributed by atoms with Crippen LogP contribution >= 0.6 is 11.6 Å². The monoisotopic (exact) mass is 294 g/mol. The van der Waals surface area contributed by atoms with Crippen molar-refractivity contribution in [3.8, 4) is 0 Å². The van der Waals surface area contributed by atoms with Crippen LogP contribution in [0.25, 0.3) is 0 Å². The van der Waals surface area contributed by atoms with Crippen molar-refractivity contribution in [3.05, 3.63) is 50.2 Å². The van der Waals surface area contributed by atoms with Gasteiger partial charge >= 0.3 is 0 Å². The van der Waals surface area contributed by atoms with Gasteiger partial charge in [-0.3, -0.25) is 20.0 Å². The Balaban J connectivity index is 2.30. The molecule has 0 saturated carbocycles. The fraction of sp³-hybridized carbons (Fsp3) is 0.167. The second-order valence-electron chi connectivity index (χ2n) is 4.23. The lowest BCUT2D eigenvalue weighted by Gasteiger charge is -2.04. The number of non-ortho nitro benzene ring substituents is 1. The van der Waals surface area contributed by atoms with E-state index in [1.165, 1.54) is 12.1 Å². The molecule has 1 aromatic carbocycles. The van der Waals surface area contributed by atoms with Crippen LogP contribution in [0.2, 0.25) is 5.02 Å². The van der Waals surface area contributed by atoms with Crippen LogP contribution in [-0.4, -0.2) is 21.0 Å². The lowest BCUT2D eigenvalue weighted by molar-refractivity contribution is -0.384. The average Bonchev–Trinajstić information content (AvgIpc) is 2.70. The molecule has 104 valence electrons. The number of nitrogens with one attached hydrogen (secondary N) is 2. The fourth-order valence-electron chi connectivity index (χ4n) is 1.60. The summed E-state index contributed by atoms with van der Waals surface area (Å²) in [5.74, 6) is -0.125. The van der Waals surface area contributed by atoms with Gasteiger partial charge in [-0.1, -0.05) is 11.6 Å². The Kier molecular flexibility index (Phi) is 3.71. The quantitative estimate of drug-likeness (QED) is 0.671. The molecule has 0 unspecified atom stereocenters. The maximum atomic E-state index is 12.1. The highest BCUT2D eigenvalue weighted by Gasteiger charge is 2.16. The number of halogens is 1. The van der Waals surface area contributed by atoms with Gasteiger partial charge in [-0.2, -0.15) is 5.10 Å². The molecule has 0 atom stereocenters. The molecule has 0 fully saturated rings. The molecule has 7 nitrogen and oxygen atoms in total. The number of rotatable bonds is 3. The van der Waals surface area contributed by atoms with E-state index in [0.29, 0.717) is 5.82 Å². The van der Waals surface area contributed by atoms with Crippen LogP contribution in [0.4, 0.5) is 11.5 Å². The Morgan fingerprint density at radius 3 is 2.65 bits per heavy atom. The first-order valence-corrected chi connectivity index (χ1v) is 6.04. The van der Waals surface area contributed by atoms with Crippen molar-refractivity contribution in [2.75, 3.05) is 5.32 Å². The van der Waals surface area contributed by atoms with E-state index < -0.39 is 10.8 Å². The van der Waals surface area contributed by atoms with Gasteiger partial charge in [0.25, 0.3) is 11.6 Å². The average molecular weight is 295 g/mol. The number of aryl methyl sites for hydroxylation is 1. The Morgan fingerprint density at radius 2 is 2.10 bits per heavy atom. The van der Waals surface area contributed by atoms with Crippen LogP contribution in [0.1, 0.15) is 21.6 Å². The minimum absolute atomic E-state index is 0.101. The lowest BCUT2D eigenvalue weighted by atomic mass is 10.2. The molecular weight excluding hydrogens is 284 g/mol. The van der Waals surface area contributed by atoms with E-state index in [1.807, 2.05) is 6.92 Å². The van der Waals surface area contributed by atoms with Crippen molar-refractivity contribution in [3.63, 3.8) is 0 Å². The van der Waals surface area contributed by atoms with Crippen molar-refractivity contribution in [2.24, 2.45) is 0 Å². The molecule has 0 radical (unpaired) electrons. The summed E-state index contributed by atoms with van der Waals surface area (Å²) in [6.45, 7) is 3.62. The van der Waals surface area contributed by atoms with E-state index in [-0.39, 0.29) is 16.3 Å². The molecule has 8 heteroatoms. The van der Waals surface area contributed by atoms with Gasteiger partial charge in [0.2, 0.25) is 0 Å². The Morgan fingerprint density at radius 1 is 1.40 bits per heavy atom. The molecular formula is C12H11ClN4O3. The van der Waals surface area contributed by atoms with E-state index in [1.54, 1.807) is 6.92 Å². The van der Waals surface area contributed by atoms with Crippen LogP contribution in [-0.2, 0) is 0 Å². The largest absolute Gasteiger partial charge is 0.305 e. The number of benzene rings is 1. The molecule has 2 rings (SSSR count). The molecule has 1 aromatic heterocycles. The van der Waals surface area contributed by atoms with Crippen molar-refractivity contribution in [1.29, 1.82) is 0 Å². The van der Waals surface area contributed by atoms with Crippen LogP contribution in [0, 0.1) is 24.0 Å². The van der Waals surface area contributed by atoms with Crippen molar-refractivity contribution in [2.45, 2.75) is 13.8 Å². The number of anilines is 1. The van der Waals surface area contributed by atoms with Gasteiger partial charge < -0.3 is 5.32 Å². The number of nitro groups is 1. The minimum atomic E-state index is -0.605. The number of carbonyl (C=O) groups is 1. The molecule has 1 heterocycles. The van der Waals surface area contributed by atoms with E-state index in [2.05, 4.69) is 15.5 Å². The van der Waals surface area contributed by atoms with Gasteiger partial charge in [0, 0.05) is 34.0 Å². The third-order valence-corrected chi connectivity index (χ3v) is 3.06. The van der Waals surface area contributed by atoms with Crippen LogP contribution in [0.3, 0.4) is 0 Å². The molecule has 0 aliphatic rings. The molecule has 0 bridgehead atoms. The number of hydrogen-bond donors (Lipinski definition) is 2. The molecule has 2 N–H and O–H groups in total. The number of aromatic amines is 1. The number of carbonyl (C=O) groups excluding carboxylic acids is 1. The summed E-state index contributed by atoms with van der Waals surface area (Å²) in [4.78, 5) is 22.2. The van der Waals surface area contributed by atoms with Crippen molar-refractivity contribution >= 4 is 29.0 Å². The molecule has 0 aliphatic carbocycles. The predicted octanol–water partition coefficient (Wildman–Crippen LogP) is 2.84. The topological polar surface area (TPSA) is 101 Å². The molecule has 20 heavy (non-hydrogen) atoms. The normalized spacial score (nSPS) is 10.3. The summed E-state index contributed by atoms with van der Waals surface area (Å²) >= 11 is 5.77. The summed E-state index contributed by atoms with van der Waals surface area (Å²) < 4.78 is 0. The smallest absolute Gasteiger partial charge is 0.271 e. The second kappa shape index (κ2) is 5.30. The number of aromatic nitrogens is 2. The van der Waals surface area contributed by atoms with Gasteiger partial charge in [-0.15, -0.1) is 0 Å². The SMILES string of the molecule is Cc1[nH]nc(NC(=O)c2cc(Cl)cc([N+](=O)[O-])c2)c1C. The summed E-state index contributed by atoms with van der Waals surface area (Å²) in [5, 5.41) is 20.1. The van der Waals surface area contributed by atoms with Crippen LogP contribution in [0.15, 0.2) is 18.2 Å². The summed E-state index contributed by atoms with van der Waals surface area (Å²) in [6, 6.07) is 3.71. The van der Waals surface area contributed by atoms with Gasteiger partial charge in [0.15, 0.2) is 5.82 Å². The maximum absolute atomic E-state index is 12.1. The standard InChI is InChI=1S/C12H11ClN4O3/c1-6-7(2)15-16-11(6)14-12(18)8-3-9(13)5-10(4-8)17(19)20/h3-5H,1-2H3,(H2,14,15,16,18). The molecule has 2 aromatic rings. The predicted molar refractivity (Wildman–Crippen MR) is 74.1 cm³/mol. The van der Waals surface area contributed by atoms with E-state index in [4.69, 9.17) is 11.6 Å². The van der Waals surface area contributed by atoms with E-state index in [0.717, 1.165) is 17.3 Å². The highest BCUT2D eigenvalue weighted by atomic mass is 35.5. The van der Waals surface area contributed by atoms with Gasteiger partial charge in [0.1, 0.15) is 0 Å². The molecule has 1 amide bonds. The third-order valence-electron chi connectivity index (χ3n) is 2.84. The summed E-state index contributed by atoms with van der Waals surface area (Å²) in [5.41, 5.74) is 1.49. The van der Waals surface area contributed by atoms with Crippen molar-refractivity contribution in [1.82, 2.24) is 10.2 Å². The summed E-state index contributed by atoms with van der Waals surface area (Å²) in [6.07, 6.45) is 0. The Bertz CT molecular complexity index is 696. The highest BCUT2D eigenvalue weighted by Crippen LogP contribution is 2.22. The number of nitro benzene ring substituents is 1. The van der Waals surface area contributed by atoms with Crippen molar-refractivity contribution < 1.29 is 9.72 Å². The number of H-pyrrole nitrogens is 1. The molecule has 0 aliphatic heterocycles. The lowest BCUT2D eigenvalue weighted by Crippen LogP contribution is -2.13. The molecule has 0 saturated heterocycles. The second-order valence-corrected chi connectivity index (χ2v) is 4.67. The van der Waals surface area contributed by atoms with Gasteiger partial charge in [-0.05, 0) is 19.9 Å². The zero-order valence-corrected chi connectivity index (χ0v) is 11.5. The number of nitrogens with zero attached hydrogens (tertiary/aromatic N) is 2. The first kappa shape index (κ1) is 14.0. The van der Waals surface area contributed by atoms with Gasteiger partial charge in [-0.25, -0.2) is 0 Å². The van der Waals surface area contributed by atoms with E-state index >= 15 is 0 Å². The number of amides is 1. The summed E-state index contributed by atoms with van der Waals surface area (Å²) in [7, 11) is 0. The Hall–Kier alpha value is -2.41. The van der Waals surface area contributed by atoms with Crippen LogP contribution in [0.5, 0.6) is 0 Å². The zero-order chi connectivity index (χ0) is 14.9. The maximum Gasteiger partial charge on any atom is 0.271 e. The zero-order valence-electron chi connectivity index (χ0n) is 10.7. The number of hydrogen-bond acceptors (Lipinski definition) is 4. The minimum Gasteiger partial charge on any atom is -0.305 e. The molecule has 0 spiro atoms. The third kappa shape index (κ3) is 2.77. The first-order valence-electron chi connectivity index (χ1n) is 5.66. The van der Waals surface area contributed by atoms with Gasteiger partial charge in [0.05, 0.1) is 4.92 Å². The van der Waals surface area contributed by atoms with E-state index in [9.17, 15) is 14.9 Å². The Labute approximate surface area is 119 Å². The fourth-order valence-corrected chi connectivity index (χ4v) is 1.83. The highest BCUT2D eigenvalue weighted by molar-refractivity contribution is 6.31. The first-order chi connectivity index (χ1) is 9.38.